The van der Waals surface area contributed by atoms with Crippen LogP contribution in [0.1, 0.15) is 10.4 Å². The first-order valence-corrected chi connectivity index (χ1v) is 7.35. The number of aryl methyl sites for hydroxylation is 1. The number of anilines is 1. The molecule has 1 aliphatic heterocycles. The number of piperazine rings is 1. The number of amides is 1. The van der Waals surface area contributed by atoms with Crippen LogP contribution in [0.4, 0.5) is 5.69 Å². The zero-order valence-electron chi connectivity index (χ0n) is 12.9. The van der Waals surface area contributed by atoms with Crippen LogP contribution in [0.15, 0.2) is 36.7 Å². The fourth-order valence-electron chi connectivity index (χ4n) is 2.76. The van der Waals surface area contributed by atoms with Crippen molar-refractivity contribution in [3.63, 3.8) is 0 Å². The molecule has 0 bridgehead atoms. The summed E-state index contributed by atoms with van der Waals surface area (Å²) in [6, 6.07) is 7.98. The summed E-state index contributed by atoms with van der Waals surface area (Å²) < 4.78 is 7.06. The highest BCUT2D eigenvalue weighted by molar-refractivity contribution is 5.93. The smallest absolute Gasteiger partial charge is 0.257 e. The third-order valence-electron chi connectivity index (χ3n) is 3.94. The Hall–Kier alpha value is -2.50. The summed E-state index contributed by atoms with van der Waals surface area (Å²) in [6.45, 7) is 3.00. The molecular formula is C16H20N4O2. The van der Waals surface area contributed by atoms with E-state index < -0.39 is 0 Å². The Labute approximate surface area is 129 Å². The summed E-state index contributed by atoms with van der Waals surface area (Å²) >= 11 is 0. The Morgan fingerprint density at radius 1 is 1.18 bits per heavy atom. The Morgan fingerprint density at radius 2 is 1.91 bits per heavy atom. The number of nitrogens with zero attached hydrogens (tertiary/aromatic N) is 4. The van der Waals surface area contributed by atoms with Gasteiger partial charge in [0, 0.05) is 39.4 Å². The number of hydrogen-bond acceptors (Lipinski definition) is 4. The molecule has 3 rings (SSSR count). The van der Waals surface area contributed by atoms with E-state index in [1.54, 1.807) is 24.2 Å². The number of benzene rings is 1. The van der Waals surface area contributed by atoms with Gasteiger partial charge in [0.15, 0.2) is 0 Å². The van der Waals surface area contributed by atoms with Crippen LogP contribution in [0.25, 0.3) is 0 Å². The Kier molecular flexibility index (Phi) is 4.00. The Balaban J connectivity index is 1.66. The lowest BCUT2D eigenvalue weighted by Crippen LogP contribution is -2.48. The van der Waals surface area contributed by atoms with Gasteiger partial charge in [-0.2, -0.15) is 5.10 Å². The van der Waals surface area contributed by atoms with Crippen molar-refractivity contribution in [2.75, 3.05) is 38.2 Å². The molecule has 1 saturated heterocycles. The van der Waals surface area contributed by atoms with Crippen LogP contribution in [0.3, 0.4) is 0 Å². The minimum absolute atomic E-state index is 0.0489. The number of aromatic nitrogens is 2. The van der Waals surface area contributed by atoms with Crippen molar-refractivity contribution in [3.8, 4) is 5.75 Å². The van der Waals surface area contributed by atoms with Crippen LogP contribution >= 0.6 is 0 Å². The fraction of sp³-hybridized carbons (Fsp3) is 0.375. The number of carbonyl (C=O) groups is 1. The summed E-state index contributed by atoms with van der Waals surface area (Å²) in [5.74, 6) is 0.919. The third-order valence-corrected chi connectivity index (χ3v) is 3.94. The van der Waals surface area contributed by atoms with Gasteiger partial charge in [-0.25, -0.2) is 0 Å². The van der Waals surface area contributed by atoms with Crippen LogP contribution in [0.5, 0.6) is 5.75 Å². The molecule has 0 spiro atoms. The second-order valence-electron chi connectivity index (χ2n) is 5.35. The van der Waals surface area contributed by atoms with Crippen LogP contribution < -0.4 is 9.64 Å². The highest BCUT2D eigenvalue weighted by Gasteiger charge is 2.24. The van der Waals surface area contributed by atoms with Crippen LogP contribution in [0.2, 0.25) is 0 Å². The van der Waals surface area contributed by atoms with E-state index in [1.165, 1.54) is 0 Å². The van der Waals surface area contributed by atoms with Gasteiger partial charge in [-0.3, -0.25) is 9.48 Å². The quantitative estimate of drug-likeness (QED) is 0.859. The van der Waals surface area contributed by atoms with Crippen molar-refractivity contribution in [2.45, 2.75) is 0 Å². The van der Waals surface area contributed by atoms with Crippen molar-refractivity contribution < 1.29 is 9.53 Å². The average Bonchev–Trinajstić information content (AvgIpc) is 3.01. The van der Waals surface area contributed by atoms with Gasteiger partial charge in [0.05, 0.1) is 24.6 Å². The topological polar surface area (TPSA) is 50.6 Å². The van der Waals surface area contributed by atoms with Crippen molar-refractivity contribution >= 4 is 11.6 Å². The second kappa shape index (κ2) is 6.09. The number of rotatable bonds is 3. The van der Waals surface area contributed by atoms with Gasteiger partial charge in [-0.05, 0) is 12.1 Å². The largest absolute Gasteiger partial charge is 0.495 e. The molecule has 6 heteroatoms. The van der Waals surface area contributed by atoms with Gasteiger partial charge in [0.1, 0.15) is 5.75 Å². The molecule has 116 valence electrons. The number of para-hydroxylation sites is 2. The minimum Gasteiger partial charge on any atom is -0.495 e. The first kappa shape index (κ1) is 14.4. The first-order chi connectivity index (χ1) is 10.7. The maximum atomic E-state index is 12.4. The minimum atomic E-state index is 0.0489. The SMILES string of the molecule is COc1ccccc1N1CCN(C(=O)c2cnn(C)c2)CC1. The highest BCUT2D eigenvalue weighted by atomic mass is 16.5. The fourth-order valence-corrected chi connectivity index (χ4v) is 2.76. The summed E-state index contributed by atoms with van der Waals surface area (Å²) in [6.07, 6.45) is 3.38. The average molecular weight is 300 g/mol. The molecule has 0 N–H and O–H groups in total. The molecule has 2 aromatic rings. The zero-order chi connectivity index (χ0) is 15.5. The normalized spacial score (nSPS) is 15.0. The molecule has 0 aliphatic carbocycles. The third kappa shape index (κ3) is 2.77. The van der Waals surface area contributed by atoms with Crippen molar-refractivity contribution in [3.05, 3.63) is 42.2 Å². The first-order valence-electron chi connectivity index (χ1n) is 7.35. The van der Waals surface area contributed by atoms with Gasteiger partial charge < -0.3 is 14.5 Å². The van der Waals surface area contributed by atoms with Gasteiger partial charge in [0.2, 0.25) is 0 Å². The lowest BCUT2D eigenvalue weighted by molar-refractivity contribution is 0.0746. The zero-order valence-corrected chi connectivity index (χ0v) is 12.9. The van der Waals surface area contributed by atoms with Crippen LogP contribution in [0, 0.1) is 0 Å². The molecule has 0 atom stereocenters. The summed E-state index contributed by atoms with van der Waals surface area (Å²) in [7, 11) is 3.50. The molecular weight excluding hydrogens is 280 g/mol. The summed E-state index contributed by atoms with van der Waals surface area (Å²) in [4.78, 5) is 16.5. The molecule has 2 heterocycles. The van der Waals surface area contributed by atoms with E-state index >= 15 is 0 Å². The predicted molar refractivity (Wildman–Crippen MR) is 84.3 cm³/mol. The number of ether oxygens (including phenoxy) is 1. The van der Waals surface area contributed by atoms with Gasteiger partial charge in [0.25, 0.3) is 5.91 Å². The van der Waals surface area contributed by atoms with E-state index in [-0.39, 0.29) is 5.91 Å². The Morgan fingerprint density at radius 3 is 2.55 bits per heavy atom. The molecule has 1 aromatic carbocycles. The van der Waals surface area contributed by atoms with Crippen LogP contribution in [-0.4, -0.2) is 53.9 Å². The van der Waals surface area contributed by atoms with Gasteiger partial charge in [-0.1, -0.05) is 12.1 Å². The Bertz CT molecular complexity index is 660. The highest BCUT2D eigenvalue weighted by Crippen LogP contribution is 2.28. The maximum absolute atomic E-state index is 12.4. The number of carbonyl (C=O) groups excluding carboxylic acids is 1. The lowest BCUT2D eigenvalue weighted by Gasteiger charge is -2.36. The van der Waals surface area contributed by atoms with Crippen molar-refractivity contribution in [1.82, 2.24) is 14.7 Å². The van der Waals surface area contributed by atoms with Gasteiger partial charge in [-0.15, -0.1) is 0 Å². The lowest BCUT2D eigenvalue weighted by atomic mass is 10.2. The maximum Gasteiger partial charge on any atom is 0.257 e. The molecule has 0 radical (unpaired) electrons. The summed E-state index contributed by atoms with van der Waals surface area (Å²) in [5.41, 5.74) is 1.73. The van der Waals surface area contributed by atoms with Crippen molar-refractivity contribution in [2.24, 2.45) is 7.05 Å². The summed E-state index contributed by atoms with van der Waals surface area (Å²) in [5, 5.41) is 4.06. The molecule has 1 aliphatic rings. The standard InChI is InChI=1S/C16H20N4O2/c1-18-12-13(11-17-18)16(21)20-9-7-19(8-10-20)14-5-3-4-6-15(14)22-2/h3-6,11-12H,7-10H2,1-2H3. The molecule has 22 heavy (non-hydrogen) atoms. The van der Waals surface area contributed by atoms with Crippen molar-refractivity contribution in [1.29, 1.82) is 0 Å². The molecule has 1 amide bonds. The van der Waals surface area contributed by atoms with Crippen LogP contribution in [-0.2, 0) is 7.05 Å². The van der Waals surface area contributed by atoms with E-state index in [1.807, 2.05) is 30.1 Å². The van der Waals surface area contributed by atoms with E-state index in [4.69, 9.17) is 4.74 Å². The molecule has 1 fully saturated rings. The predicted octanol–water partition coefficient (Wildman–Crippen LogP) is 1.39. The molecule has 6 nitrogen and oxygen atoms in total. The number of hydrogen-bond donors (Lipinski definition) is 0. The van der Waals surface area contributed by atoms with E-state index in [9.17, 15) is 4.79 Å². The van der Waals surface area contributed by atoms with E-state index in [0.717, 1.165) is 24.5 Å². The monoisotopic (exact) mass is 300 g/mol. The molecule has 0 unspecified atom stereocenters. The van der Waals surface area contributed by atoms with Gasteiger partial charge >= 0.3 is 0 Å². The van der Waals surface area contributed by atoms with E-state index in [2.05, 4.69) is 16.1 Å². The molecule has 0 saturated carbocycles. The second-order valence-corrected chi connectivity index (χ2v) is 5.35. The number of methoxy groups -OCH3 is 1. The van der Waals surface area contributed by atoms with E-state index in [0.29, 0.717) is 18.7 Å². The molecule has 1 aromatic heterocycles.